The summed E-state index contributed by atoms with van der Waals surface area (Å²) >= 11 is 0. The maximum Gasteiger partial charge on any atom is 0.273 e. The number of guanidine groups is 3. The van der Waals surface area contributed by atoms with E-state index in [0.29, 0.717) is 0 Å². The Morgan fingerprint density at radius 2 is 0.800 bits per heavy atom. The van der Waals surface area contributed by atoms with Crippen LogP contribution < -0.4 is 50.4 Å². The van der Waals surface area contributed by atoms with Crippen molar-refractivity contribution in [2.45, 2.75) is 18.1 Å². The molecule has 0 aromatic carbocycles. The van der Waals surface area contributed by atoms with Gasteiger partial charge in [-0.05, 0) is 0 Å². The Balaban J connectivity index is 0.00000337. The zero-order chi connectivity index (χ0) is 30.4. The van der Waals surface area contributed by atoms with Gasteiger partial charge in [0.05, 0.1) is 19.6 Å². The molecule has 3 aromatic heterocycles. The molecule has 0 saturated carbocycles. The van der Waals surface area contributed by atoms with Crippen molar-refractivity contribution in [2.75, 3.05) is 19.6 Å². The number of aromatic nitrogens is 3. The van der Waals surface area contributed by atoms with E-state index in [1.807, 2.05) is 0 Å². The molecule has 0 aliphatic carbocycles. The molecule has 246 valence electrons. The minimum Gasteiger partial charge on any atom is -0.446 e. The first kappa shape index (κ1) is 37.7. The second-order valence-electron chi connectivity index (χ2n) is 8.59. The molecule has 45 heavy (non-hydrogen) atoms. The van der Waals surface area contributed by atoms with Crippen LogP contribution in [0.15, 0.2) is 47.0 Å². The zero-order valence-electron chi connectivity index (χ0n) is 22.9. The zero-order valence-corrected chi connectivity index (χ0v) is 25.4. The van der Waals surface area contributed by atoms with Crippen molar-refractivity contribution in [3.05, 3.63) is 53.5 Å². The van der Waals surface area contributed by atoms with Crippen LogP contribution >= 0.6 is 37.2 Å². The molecule has 0 spiro atoms. The summed E-state index contributed by atoms with van der Waals surface area (Å²) in [7, 11) is 0. The minimum absolute atomic E-state index is 0. The van der Waals surface area contributed by atoms with Gasteiger partial charge in [-0.2, -0.15) is 0 Å². The van der Waals surface area contributed by atoms with E-state index in [2.05, 4.69) is 45.9 Å². The van der Waals surface area contributed by atoms with Crippen LogP contribution in [0.4, 0.5) is 0 Å². The average molecular weight is 695 g/mol. The molecule has 0 saturated heterocycles. The highest BCUT2D eigenvalue weighted by Crippen LogP contribution is 2.20. The highest BCUT2D eigenvalue weighted by atomic mass is 35.5. The number of oxazole rings is 3. The van der Waals surface area contributed by atoms with Crippen molar-refractivity contribution in [1.82, 2.24) is 30.9 Å². The smallest absolute Gasteiger partial charge is 0.273 e. The van der Waals surface area contributed by atoms with Gasteiger partial charge >= 0.3 is 0 Å². The van der Waals surface area contributed by atoms with E-state index in [4.69, 9.17) is 47.7 Å². The number of nitrogens with zero attached hydrogens (tertiary/aromatic N) is 6. The van der Waals surface area contributed by atoms with E-state index in [9.17, 15) is 14.4 Å². The second-order valence-corrected chi connectivity index (χ2v) is 8.59. The Bertz CT molecular complexity index is 1370. The summed E-state index contributed by atoms with van der Waals surface area (Å²) in [5.41, 5.74) is 32.1. The molecule has 0 radical (unpaired) electrons. The van der Waals surface area contributed by atoms with Gasteiger partial charge in [0, 0.05) is 0 Å². The summed E-state index contributed by atoms with van der Waals surface area (Å²) in [5, 5.41) is 7.81. The summed E-state index contributed by atoms with van der Waals surface area (Å²) in [6, 6.07) is -3.16. The third kappa shape index (κ3) is 9.87. The van der Waals surface area contributed by atoms with Crippen LogP contribution in [0.5, 0.6) is 0 Å². The topological polar surface area (TPSA) is 359 Å². The largest absolute Gasteiger partial charge is 0.446 e. The van der Waals surface area contributed by atoms with Gasteiger partial charge in [0.2, 0.25) is 17.7 Å². The maximum absolute atomic E-state index is 13.1. The molecule has 0 fully saturated rings. The molecular weight excluding hydrogens is 665 g/mol. The fourth-order valence-electron chi connectivity index (χ4n) is 3.50. The summed E-state index contributed by atoms with van der Waals surface area (Å²) in [6.45, 7) is -0.638. The molecule has 0 unspecified atom stereocenters. The number of nitrogens with two attached hydrogens (primary N) is 6. The highest BCUT2D eigenvalue weighted by molar-refractivity contribution is 5.94. The van der Waals surface area contributed by atoms with Crippen LogP contribution in [0.1, 0.15) is 67.3 Å². The van der Waals surface area contributed by atoms with Gasteiger partial charge in [-0.1, -0.05) is 0 Å². The summed E-state index contributed by atoms with van der Waals surface area (Å²) in [6.07, 6.45) is 3.13. The molecule has 24 heteroatoms. The van der Waals surface area contributed by atoms with Gasteiger partial charge in [0.25, 0.3) is 17.7 Å². The van der Waals surface area contributed by atoms with Crippen LogP contribution in [-0.2, 0) is 0 Å². The highest BCUT2D eigenvalue weighted by Gasteiger charge is 2.29. The molecule has 3 atom stereocenters. The molecule has 4 rings (SSSR count). The number of rotatable bonds is 6. The van der Waals surface area contributed by atoms with Gasteiger partial charge in [-0.25, -0.2) is 15.0 Å². The van der Waals surface area contributed by atoms with Crippen molar-refractivity contribution in [3.8, 4) is 0 Å². The fraction of sp³-hybridized carbons (Fsp3) is 0.286. The third-order valence-electron chi connectivity index (χ3n) is 5.44. The lowest BCUT2D eigenvalue weighted by atomic mass is 10.2. The Kier molecular flexibility index (Phi) is 13.9. The molecule has 15 N–H and O–H groups in total. The fourth-order valence-corrected chi connectivity index (χ4v) is 3.50. The van der Waals surface area contributed by atoms with E-state index in [1.54, 1.807) is 0 Å². The first-order valence-electron chi connectivity index (χ1n) is 11.9. The van der Waals surface area contributed by atoms with Crippen molar-refractivity contribution in [1.29, 1.82) is 0 Å². The monoisotopic (exact) mass is 693 g/mol. The summed E-state index contributed by atoms with van der Waals surface area (Å²) < 4.78 is 16.3. The van der Waals surface area contributed by atoms with Crippen molar-refractivity contribution in [3.63, 3.8) is 0 Å². The first-order chi connectivity index (χ1) is 20.0. The number of fused-ring (bicyclic) bond motifs is 6. The predicted octanol–water partition coefficient (Wildman–Crippen LogP) is -2.54. The molecule has 3 aromatic rings. The minimum atomic E-state index is -1.05. The molecule has 3 amide bonds. The van der Waals surface area contributed by atoms with E-state index in [0.717, 1.165) is 18.8 Å². The quantitative estimate of drug-likeness (QED) is 0.0948. The lowest BCUT2D eigenvalue weighted by molar-refractivity contribution is 0.0921. The van der Waals surface area contributed by atoms with E-state index >= 15 is 0 Å². The number of halogens is 3. The van der Waals surface area contributed by atoms with Crippen LogP contribution in [0.25, 0.3) is 0 Å². The maximum atomic E-state index is 13.1. The average Bonchev–Trinajstić information content (AvgIpc) is 3.71. The number of amides is 3. The van der Waals surface area contributed by atoms with E-state index in [-0.39, 0.29) is 109 Å². The van der Waals surface area contributed by atoms with Gasteiger partial charge < -0.3 is 63.6 Å². The SMILES string of the molecule is Cl.Cl.Cl.NC(N)=NC[C@@H]1NC(=O)c2coc(n2)[C@H](CN=C(N)N)NC(=O)c2coc(n2)[C@H](CN=C(N)N)NC(=O)c2coc1n2. The van der Waals surface area contributed by atoms with Crippen molar-refractivity contribution >= 4 is 72.8 Å². The normalized spacial score (nSPS) is 17.6. The van der Waals surface area contributed by atoms with Crippen LogP contribution in [0.3, 0.4) is 0 Å². The molecular formula is C21H30Cl3N15O6. The number of aliphatic imine (C=N–C) groups is 3. The number of carbonyl (C=O) groups excluding carboxylic acids is 3. The Labute approximate surface area is 271 Å². The molecule has 1 aliphatic heterocycles. The second kappa shape index (κ2) is 16.5. The number of carbonyl (C=O) groups is 3. The van der Waals surface area contributed by atoms with Crippen LogP contribution in [-0.4, -0.2) is 70.2 Å². The summed E-state index contributed by atoms with van der Waals surface area (Å²) in [5.74, 6) is -3.42. The Morgan fingerprint density at radius 3 is 1.02 bits per heavy atom. The Hall–Kier alpha value is -5.28. The molecule has 4 heterocycles. The van der Waals surface area contributed by atoms with Gasteiger partial charge in [0.1, 0.15) is 36.9 Å². The number of hydrogen-bond acceptors (Lipinski definition) is 12. The van der Waals surface area contributed by atoms with E-state index < -0.39 is 35.8 Å². The van der Waals surface area contributed by atoms with Gasteiger partial charge in [0.15, 0.2) is 35.0 Å². The summed E-state index contributed by atoms with van der Waals surface area (Å²) in [4.78, 5) is 63.3. The van der Waals surface area contributed by atoms with Crippen molar-refractivity contribution < 1.29 is 27.6 Å². The third-order valence-corrected chi connectivity index (χ3v) is 5.44. The van der Waals surface area contributed by atoms with Crippen LogP contribution in [0.2, 0.25) is 0 Å². The van der Waals surface area contributed by atoms with E-state index in [1.165, 1.54) is 0 Å². The first-order valence-corrected chi connectivity index (χ1v) is 11.9. The molecule has 21 nitrogen and oxygen atoms in total. The van der Waals surface area contributed by atoms with Crippen LogP contribution in [0, 0.1) is 0 Å². The van der Waals surface area contributed by atoms with Gasteiger partial charge in [-0.3, -0.25) is 29.4 Å². The molecule has 1 aliphatic rings. The standard InChI is InChI=1S/C21H27N15O6.3ClH/c22-19(23)28-1-7-16-34-11(4-40-16)14(38)32-9(3-30-21(26)27)18-36-12(6-42-18)15(39)33-8(2-29-20(24)25)17-35-10(5-41-17)13(37)31-7;;;/h4-9H,1-3H2,(H,31,37)(H,32,38)(H,33,39)(H4,22,23,28)(H4,24,25,29)(H4,26,27,30);3*1H/t7-,8-,9-;;;/m0.../s1. The lowest BCUT2D eigenvalue weighted by Crippen LogP contribution is -2.35. The lowest BCUT2D eigenvalue weighted by Gasteiger charge is -2.14. The predicted molar refractivity (Wildman–Crippen MR) is 164 cm³/mol. The van der Waals surface area contributed by atoms with Crippen molar-refractivity contribution in [2.24, 2.45) is 49.4 Å². The van der Waals surface area contributed by atoms with Gasteiger partial charge in [-0.15, -0.1) is 37.2 Å². The number of hydrogen-bond donors (Lipinski definition) is 9. The Morgan fingerprint density at radius 1 is 0.556 bits per heavy atom. The number of nitrogens with one attached hydrogen (secondary N) is 3. The molecule has 6 bridgehead atoms.